The van der Waals surface area contributed by atoms with Crippen LogP contribution in [0.15, 0.2) is 48.0 Å². The molecule has 0 aliphatic carbocycles. The van der Waals surface area contributed by atoms with Gasteiger partial charge in [-0.2, -0.15) is 0 Å². The number of aliphatic imine (C=N–C) groups is 1. The largest absolute Gasteiger partial charge is 0.288 e. The average Bonchev–Trinajstić information content (AvgIpc) is 2.33. The molecule has 16 heavy (non-hydrogen) atoms. The molecule has 2 aromatic rings. The van der Waals surface area contributed by atoms with E-state index in [-0.39, 0.29) is 0 Å². The number of aromatic nitrogens is 2. The molecule has 0 aliphatic heterocycles. The maximum Gasteiger partial charge on any atom is 0.115 e. The lowest BCUT2D eigenvalue weighted by atomic mass is 10.2. The normalized spacial score (nSPS) is 10.8. The van der Waals surface area contributed by atoms with Crippen LogP contribution in [-0.2, 0) is 6.54 Å². The minimum Gasteiger partial charge on any atom is -0.288 e. The van der Waals surface area contributed by atoms with Crippen molar-refractivity contribution in [3.8, 4) is 0 Å². The number of rotatable bonds is 3. The van der Waals surface area contributed by atoms with Crippen LogP contribution in [-0.4, -0.2) is 16.2 Å². The highest BCUT2D eigenvalue weighted by atomic mass is 35.5. The van der Waals surface area contributed by atoms with Crippen molar-refractivity contribution < 1.29 is 0 Å². The predicted molar refractivity (Wildman–Crippen MR) is 64.8 cm³/mol. The van der Waals surface area contributed by atoms with E-state index < -0.39 is 0 Å². The summed E-state index contributed by atoms with van der Waals surface area (Å²) in [6, 6.07) is 7.64. The van der Waals surface area contributed by atoms with E-state index in [2.05, 4.69) is 15.0 Å². The highest BCUT2D eigenvalue weighted by molar-refractivity contribution is 6.30. The Bertz CT molecular complexity index is 465. The Hall–Kier alpha value is -1.74. The van der Waals surface area contributed by atoms with Crippen molar-refractivity contribution in [2.75, 3.05) is 0 Å². The summed E-state index contributed by atoms with van der Waals surface area (Å²) in [7, 11) is 0. The van der Waals surface area contributed by atoms with Gasteiger partial charge in [-0.05, 0) is 17.7 Å². The molecular weight excluding hydrogens is 222 g/mol. The Morgan fingerprint density at radius 3 is 2.50 bits per heavy atom. The molecule has 0 fully saturated rings. The molecule has 0 saturated heterocycles. The Balaban J connectivity index is 1.97. The van der Waals surface area contributed by atoms with Gasteiger partial charge in [-0.3, -0.25) is 4.99 Å². The summed E-state index contributed by atoms with van der Waals surface area (Å²) in [5.74, 6) is 0. The fourth-order valence-corrected chi connectivity index (χ4v) is 1.35. The molecule has 0 N–H and O–H groups in total. The Labute approximate surface area is 98.9 Å². The van der Waals surface area contributed by atoms with Crippen molar-refractivity contribution in [2.45, 2.75) is 6.54 Å². The highest BCUT2D eigenvalue weighted by Crippen LogP contribution is 2.10. The quantitative estimate of drug-likeness (QED) is 0.762. The van der Waals surface area contributed by atoms with Gasteiger partial charge in [0, 0.05) is 29.2 Å². The number of nitrogens with zero attached hydrogens (tertiary/aromatic N) is 3. The van der Waals surface area contributed by atoms with E-state index in [1.807, 2.05) is 24.3 Å². The molecule has 1 aromatic heterocycles. The first-order valence-corrected chi connectivity index (χ1v) is 5.22. The van der Waals surface area contributed by atoms with Crippen LogP contribution >= 0.6 is 11.6 Å². The lowest BCUT2D eigenvalue weighted by Gasteiger charge is -1.96. The number of benzene rings is 1. The lowest BCUT2D eigenvalue weighted by molar-refractivity contribution is 1.07. The summed E-state index contributed by atoms with van der Waals surface area (Å²) in [4.78, 5) is 12.1. The molecule has 0 atom stereocenters. The molecule has 1 aromatic carbocycles. The van der Waals surface area contributed by atoms with Gasteiger partial charge in [0.2, 0.25) is 0 Å². The van der Waals surface area contributed by atoms with Gasteiger partial charge in [0.15, 0.2) is 0 Å². The summed E-state index contributed by atoms with van der Waals surface area (Å²) < 4.78 is 0. The van der Waals surface area contributed by atoms with Crippen molar-refractivity contribution in [2.24, 2.45) is 4.99 Å². The van der Waals surface area contributed by atoms with Crippen molar-refractivity contribution in [3.05, 3.63) is 59.1 Å². The van der Waals surface area contributed by atoms with Gasteiger partial charge in [-0.25, -0.2) is 9.97 Å². The molecule has 0 saturated carbocycles. The summed E-state index contributed by atoms with van der Waals surface area (Å²) in [5, 5.41) is 0.740. The zero-order valence-corrected chi connectivity index (χ0v) is 9.30. The zero-order valence-electron chi connectivity index (χ0n) is 8.55. The standard InChI is InChI=1S/C12H10ClN3/c13-12-3-1-10(2-4-12)5-14-6-11-7-15-9-16-8-11/h1-4,6-9H,5H2. The second kappa shape index (κ2) is 5.37. The third kappa shape index (κ3) is 3.14. The Morgan fingerprint density at radius 2 is 1.81 bits per heavy atom. The van der Waals surface area contributed by atoms with Crippen molar-refractivity contribution in [3.63, 3.8) is 0 Å². The van der Waals surface area contributed by atoms with E-state index >= 15 is 0 Å². The summed E-state index contributed by atoms with van der Waals surface area (Å²) in [6.45, 7) is 0.631. The van der Waals surface area contributed by atoms with Crippen LogP contribution in [0.25, 0.3) is 0 Å². The van der Waals surface area contributed by atoms with Gasteiger partial charge in [0.25, 0.3) is 0 Å². The summed E-state index contributed by atoms with van der Waals surface area (Å²) in [5.41, 5.74) is 2.02. The SMILES string of the molecule is Clc1ccc(CN=Cc2cncnc2)cc1. The number of halogens is 1. The van der Waals surface area contributed by atoms with Crippen LogP contribution in [0, 0.1) is 0 Å². The van der Waals surface area contributed by atoms with E-state index in [0.29, 0.717) is 6.54 Å². The van der Waals surface area contributed by atoms with Crippen molar-refractivity contribution in [1.29, 1.82) is 0 Å². The first kappa shape index (κ1) is 10.8. The second-order valence-corrected chi connectivity index (χ2v) is 3.70. The molecule has 80 valence electrons. The fraction of sp³-hybridized carbons (Fsp3) is 0.0833. The maximum atomic E-state index is 5.79. The van der Waals surface area contributed by atoms with Crippen molar-refractivity contribution >= 4 is 17.8 Å². The molecular formula is C12H10ClN3. The molecule has 4 heteroatoms. The fourth-order valence-electron chi connectivity index (χ4n) is 1.22. The monoisotopic (exact) mass is 231 g/mol. The molecule has 0 aliphatic rings. The third-order valence-corrected chi connectivity index (χ3v) is 2.26. The minimum absolute atomic E-state index is 0.631. The molecule has 0 bridgehead atoms. The topological polar surface area (TPSA) is 38.1 Å². The molecule has 3 nitrogen and oxygen atoms in total. The third-order valence-electron chi connectivity index (χ3n) is 2.01. The highest BCUT2D eigenvalue weighted by Gasteiger charge is 1.91. The van der Waals surface area contributed by atoms with Crippen LogP contribution in [0.4, 0.5) is 0 Å². The zero-order chi connectivity index (χ0) is 11.2. The molecule has 0 unspecified atom stereocenters. The van der Waals surface area contributed by atoms with Gasteiger partial charge in [-0.15, -0.1) is 0 Å². The molecule has 0 amide bonds. The van der Waals surface area contributed by atoms with Gasteiger partial charge >= 0.3 is 0 Å². The molecule has 0 spiro atoms. The van der Waals surface area contributed by atoms with E-state index in [9.17, 15) is 0 Å². The molecule has 0 radical (unpaired) electrons. The Morgan fingerprint density at radius 1 is 1.12 bits per heavy atom. The molecule has 1 heterocycles. The summed E-state index contributed by atoms with van der Waals surface area (Å²) in [6.07, 6.45) is 6.70. The van der Waals surface area contributed by atoms with Crippen LogP contribution in [0.5, 0.6) is 0 Å². The van der Waals surface area contributed by atoms with Gasteiger partial charge in [-0.1, -0.05) is 23.7 Å². The average molecular weight is 232 g/mol. The second-order valence-electron chi connectivity index (χ2n) is 3.27. The van der Waals surface area contributed by atoms with E-state index in [0.717, 1.165) is 16.1 Å². The first-order chi connectivity index (χ1) is 7.84. The number of hydrogen-bond acceptors (Lipinski definition) is 3. The van der Waals surface area contributed by atoms with Gasteiger partial charge in [0.1, 0.15) is 6.33 Å². The van der Waals surface area contributed by atoms with Crippen molar-refractivity contribution in [1.82, 2.24) is 9.97 Å². The first-order valence-electron chi connectivity index (χ1n) is 4.84. The molecule has 2 rings (SSSR count). The maximum absolute atomic E-state index is 5.79. The predicted octanol–water partition coefficient (Wildman–Crippen LogP) is 2.75. The van der Waals surface area contributed by atoms with Crippen LogP contribution in [0.1, 0.15) is 11.1 Å². The summed E-state index contributed by atoms with van der Waals surface area (Å²) >= 11 is 5.79. The van der Waals surface area contributed by atoms with Gasteiger partial charge < -0.3 is 0 Å². The van der Waals surface area contributed by atoms with E-state index in [1.54, 1.807) is 18.6 Å². The van der Waals surface area contributed by atoms with E-state index in [4.69, 9.17) is 11.6 Å². The van der Waals surface area contributed by atoms with Crippen LogP contribution in [0.3, 0.4) is 0 Å². The van der Waals surface area contributed by atoms with Gasteiger partial charge in [0.05, 0.1) is 6.54 Å². The van der Waals surface area contributed by atoms with E-state index in [1.165, 1.54) is 6.33 Å². The number of hydrogen-bond donors (Lipinski definition) is 0. The van der Waals surface area contributed by atoms with Crippen LogP contribution in [0.2, 0.25) is 5.02 Å². The smallest absolute Gasteiger partial charge is 0.115 e. The minimum atomic E-state index is 0.631. The van der Waals surface area contributed by atoms with Crippen LogP contribution < -0.4 is 0 Å². The lowest BCUT2D eigenvalue weighted by Crippen LogP contribution is -1.86. The Kier molecular flexibility index (Phi) is 3.62.